The van der Waals surface area contributed by atoms with E-state index in [0.717, 1.165) is 11.8 Å². The number of hydrogen-bond donors (Lipinski definition) is 2. The Bertz CT molecular complexity index is 862. The lowest BCUT2D eigenvalue weighted by Gasteiger charge is -2.35. The molecule has 1 aliphatic heterocycles. The number of carbonyl (C=O) groups is 2. The molecule has 1 aliphatic rings. The number of hydrogen-bond acceptors (Lipinski definition) is 6. The summed E-state index contributed by atoms with van der Waals surface area (Å²) in [6.45, 7) is 5.04. The molecule has 2 rings (SSSR count). The summed E-state index contributed by atoms with van der Waals surface area (Å²) in [6, 6.07) is 10.9. The summed E-state index contributed by atoms with van der Waals surface area (Å²) in [6.07, 6.45) is 0. The van der Waals surface area contributed by atoms with Crippen molar-refractivity contribution in [3.63, 3.8) is 0 Å². The topological polar surface area (TPSA) is 115 Å². The molecule has 0 spiro atoms. The van der Waals surface area contributed by atoms with Crippen LogP contribution in [0.5, 0.6) is 5.75 Å². The van der Waals surface area contributed by atoms with Gasteiger partial charge in [-0.15, -0.1) is 0 Å². The number of anilines is 1. The third kappa shape index (κ3) is 4.24. The van der Waals surface area contributed by atoms with Crippen LogP contribution in [-0.4, -0.2) is 24.2 Å². The molecule has 1 heterocycles. The molecular weight excluding hydrogens is 364 g/mol. The van der Waals surface area contributed by atoms with Gasteiger partial charge in [-0.2, -0.15) is 10.5 Å². The van der Waals surface area contributed by atoms with Crippen molar-refractivity contribution in [2.75, 3.05) is 12.4 Å². The lowest BCUT2D eigenvalue weighted by atomic mass is 9.72. The van der Waals surface area contributed by atoms with Crippen molar-refractivity contribution < 1.29 is 14.3 Å². The van der Waals surface area contributed by atoms with Crippen molar-refractivity contribution in [2.24, 2.45) is 11.3 Å². The highest BCUT2D eigenvalue weighted by molar-refractivity contribution is 8.04. The highest BCUT2D eigenvalue weighted by Crippen LogP contribution is 2.42. The van der Waals surface area contributed by atoms with E-state index in [0.29, 0.717) is 22.0 Å². The minimum atomic E-state index is -0.958. The maximum absolute atomic E-state index is 12.5. The third-order valence-electron chi connectivity index (χ3n) is 4.35. The van der Waals surface area contributed by atoms with Gasteiger partial charge in [0.25, 0.3) is 0 Å². The SMILES string of the molecule is COc1ccc(NC(=O)[C@H](C)SC2=C(C#N)C(C)(C)[C@H](C#N)C(=O)N2)cc1. The van der Waals surface area contributed by atoms with Gasteiger partial charge in [0.15, 0.2) is 0 Å². The van der Waals surface area contributed by atoms with E-state index in [-0.39, 0.29) is 5.91 Å². The number of carbonyl (C=O) groups excluding carboxylic acids is 2. The fraction of sp³-hybridized carbons (Fsp3) is 0.368. The van der Waals surface area contributed by atoms with Gasteiger partial charge >= 0.3 is 0 Å². The highest BCUT2D eigenvalue weighted by Gasteiger charge is 2.45. The Morgan fingerprint density at radius 3 is 2.48 bits per heavy atom. The number of benzene rings is 1. The quantitative estimate of drug-likeness (QED) is 0.807. The lowest BCUT2D eigenvalue weighted by Crippen LogP contribution is -2.45. The molecule has 0 bridgehead atoms. The van der Waals surface area contributed by atoms with Crippen molar-refractivity contribution in [3.05, 3.63) is 34.9 Å². The van der Waals surface area contributed by atoms with Crippen LogP contribution in [0.4, 0.5) is 5.69 Å². The summed E-state index contributed by atoms with van der Waals surface area (Å²) >= 11 is 1.09. The van der Waals surface area contributed by atoms with Gasteiger partial charge in [0.1, 0.15) is 11.7 Å². The van der Waals surface area contributed by atoms with Crippen LogP contribution in [0, 0.1) is 34.0 Å². The molecule has 1 aromatic rings. The Hall–Kier alpha value is -2.97. The molecule has 0 aliphatic carbocycles. The monoisotopic (exact) mass is 384 g/mol. The van der Waals surface area contributed by atoms with E-state index in [1.165, 1.54) is 0 Å². The molecule has 140 valence electrons. The highest BCUT2D eigenvalue weighted by atomic mass is 32.2. The molecule has 0 saturated heterocycles. The summed E-state index contributed by atoms with van der Waals surface area (Å²) in [7, 11) is 1.56. The van der Waals surface area contributed by atoms with Crippen LogP contribution in [0.1, 0.15) is 20.8 Å². The Balaban J connectivity index is 2.17. The van der Waals surface area contributed by atoms with Gasteiger partial charge in [0.05, 0.1) is 35.1 Å². The minimum absolute atomic E-state index is 0.274. The second-order valence-electron chi connectivity index (χ2n) is 6.57. The van der Waals surface area contributed by atoms with Crippen LogP contribution in [-0.2, 0) is 9.59 Å². The molecule has 0 fully saturated rings. The van der Waals surface area contributed by atoms with Gasteiger partial charge in [0.2, 0.25) is 11.8 Å². The van der Waals surface area contributed by atoms with Crippen molar-refractivity contribution in [1.29, 1.82) is 10.5 Å². The molecule has 7 nitrogen and oxygen atoms in total. The Morgan fingerprint density at radius 1 is 1.33 bits per heavy atom. The number of thioether (sulfide) groups is 1. The number of methoxy groups -OCH3 is 1. The predicted octanol–water partition coefficient (Wildman–Crippen LogP) is 2.79. The number of ether oxygens (including phenoxy) is 1. The third-order valence-corrected chi connectivity index (χ3v) is 5.46. The molecule has 1 aromatic carbocycles. The van der Waals surface area contributed by atoms with E-state index >= 15 is 0 Å². The van der Waals surface area contributed by atoms with Crippen molar-refractivity contribution in [1.82, 2.24) is 5.32 Å². The van der Waals surface area contributed by atoms with Gasteiger partial charge in [0, 0.05) is 11.1 Å². The first-order valence-electron chi connectivity index (χ1n) is 8.21. The van der Waals surface area contributed by atoms with E-state index in [4.69, 9.17) is 4.74 Å². The molecule has 0 unspecified atom stereocenters. The molecule has 0 radical (unpaired) electrons. The van der Waals surface area contributed by atoms with Crippen LogP contribution in [0.15, 0.2) is 34.9 Å². The molecule has 8 heteroatoms. The van der Waals surface area contributed by atoms with E-state index in [2.05, 4.69) is 16.7 Å². The first kappa shape index (κ1) is 20.3. The van der Waals surface area contributed by atoms with Crippen molar-refractivity contribution in [3.8, 4) is 17.9 Å². The number of rotatable bonds is 5. The van der Waals surface area contributed by atoms with Crippen molar-refractivity contribution in [2.45, 2.75) is 26.0 Å². The largest absolute Gasteiger partial charge is 0.497 e. The summed E-state index contributed by atoms with van der Waals surface area (Å²) in [4.78, 5) is 24.7. The average Bonchev–Trinajstić information content (AvgIpc) is 2.62. The van der Waals surface area contributed by atoms with Gasteiger partial charge in [-0.3, -0.25) is 9.59 Å². The maximum Gasteiger partial charge on any atom is 0.243 e. The first-order chi connectivity index (χ1) is 12.7. The smallest absolute Gasteiger partial charge is 0.243 e. The van der Waals surface area contributed by atoms with Gasteiger partial charge < -0.3 is 15.4 Å². The van der Waals surface area contributed by atoms with E-state index in [1.54, 1.807) is 52.1 Å². The number of nitrogens with one attached hydrogen (secondary N) is 2. The van der Waals surface area contributed by atoms with Crippen LogP contribution >= 0.6 is 11.8 Å². The Labute approximate surface area is 162 Å². The predicted molar refractivity (Wildman–Crippen MR) is 102 cm³/mol. The van der Waals surface area contributed by atoms with Crippen LogP contribution in [0.3, 0.4) is 0 Å². The minimum Gasteiger partial charge on any atom is -0.497 e. The molecule has 2 amide bonds. The second-order valence-corrected chi connectivity index (χ2v) is 7.92. The van der Waals surface area contributed by atoms with Crippen LogP contribution < -0.4 is 15.4 Å². The molecule has 2 N–H and O–H groups in total. The Kier molecular flexibility index (Phi) is 6.14. The number of amides is 2. The summed E-state index contributed by atoms with van der Waals surface area (Å²) in [5.74, 6) is -1.02. The fourth-order valence-corrected chi connectivity index (χ4v) is 3.77. The van der Waals surface area contributed by atoms with E-state index < -0.39 is 22.5 Å². The van der Waals surface area contributed by atoms with Crippen molar-refractivity contribution >= 4 is 29.3 Å². The van der Waals surface area contributed by atoms with Crippen LogP contribution in [0.2, 0.25) is 0 Å². The maximum atomic E-state index is 12.5. The summed E-state index contributed by atoms with van der Waals surface area (Å²) < 4.78 is 5.08. The number of allylic oxidation sites excluding steroid dienone is 1. The summed E-state index contributed by atoms with van der Waals surface area (Å²) in [5, 5.41) is 23.9. The lowest BCUT2D eigenvalue weighted by molar-refractivity contribution is -0.125. The summed E-state index contributed by atoms with van der Waals surface area (Å²) in [5.41, 5.74) is -0.0246. The zero-order valence-corrected chi connectivity index (χ0v) is 16.3. The normalized spacial score (nSPS) is 19.3. The Morgan fingerprint density at radius 2 is 1.96 bits per heavy atom. The van der Waals surface area contributed by atoms with Gasteiger partial charge in [-0.25, -0.2) is 0 Å². The molecular formula is C19H20N4O3S. The molecule has 2 atom stereocenters. The van der Waals surface area contributed by atoms with Gasteiger partial charge in [-0.1, -0.05) is 25.6 Å². The number of nitriles is 2. The second kappa shape index (κ2) is 8.15. The van der Waals surface area contributed by atoms with Crippen LogP contribution in [0.25, 0.3) is 0 Å². The molecule has 27 heavy (non-hydrogen) atoms. The van der Waals surface area contributed by atoms with Gasteiger partial charge in [-0.05, 0) is 31.2 Å². The zero-order chi connectivity index (χ0) is 20.2. The standard InChI is InChI=1S/C19H20N4O3S/c1-11(16(24)22-12-5-7-13(26-4)8-6-12)27-18-15(10-21)19(2,3)14(9-20)17(25)23-18/h5-8,11,14H,1-4H3,(H,22,24)(H,23,25)/t11-,14+/m0/s1. The first-order valence-corrected chi connectivity index (χ1v) is 9.09. The van der Waals surface area contributed by atoms with E-state index in [9.17, 15) is 20.1 Å². The molecule has 0 saturated carbocycles. The molecule has 0 aromatic heterocycles. The fourth-order valence-electron chi connectivity index (χ4n) is 2.66. The average molecular weight is 384 g/mol. The zero-order valence-electron chi connectivity index (χ0n) is 15.5. The van der Waals surface area contributed by atoms with E-state index in [1.807, 2.05) is 6.07 Å². The number of nitrogens with zero attached hydrogens (tertiary/aromatic N) is 2.